The zero-order valence-electron chi connectivity index (χ0n) is 10.7. The molecule has 0 radical (unpaired) electrons. The Hall–Kier alpha value is -1.39. The molecule has 3 rings (SSSR count). The molecule has 0 saturated carbocycles. The summed E-state index contributed by atoms with van der Waals surface area (Å²) in [6.45, 7) is 2.72. The maximum atomic E-state index is 6.10. The van der Waals surface area contributed by atoms with E-state index in [1.54, 1.807) is 0 Å². The van der Waals surface area contributed by atoms with Crippen LogP contribution in [0.25, 0.3) is 10.9 Å². The SMILES string of the molecule is Cc1cc(Cl)cc2c(OC3CCCCO3)ncnc12. The molecule has 1 unspecified atom stereocenters. The van der Waals surface area contributed by atoms with Gasteiger partial charge in [0, 0.05) is 11.4 Å². The topological polar surface area (TPSA) is 44.2 Å². The predicted octanol–water partition coefficient (Wildman–Crippen LogP) is 3.50. The quantitative estimate of drug-likeness (QED) is 0.843. The Morgan fingerprint density at radius 1 is 1.32 bits per heavy atom. The summed E-state index contributed by atoms with van der Waals surface area (Å²) in [7, 11) is 0. The number of hydrogen-bond donors (Lipinski definition) is 0. The van der Waals surface area contributed by atoms with Gasteiger partial charge in [0.2, 0.25) is 12.2 Å². The van der Waals surface area contributed by atoms with Crippen molar-refractivity contribution < 1.29 is 9.47 Å². The van der Waals surface area contributed by atoms with E-state index >= 15 is 0 Å². The van der Waals surface area contributed by atoms with E-state index in [9.17, 15) is 0 Å². The third-order valence-electron chi connectivity index (χ3n) is 3.24. The Labute approximate surface area is 116 Å². The predicted molar refractivity (Wildman–Crippen MR) is 73.5 cm³/mol. The standard InChI is InChI=1S/C14H15ClN2O2/c1-9-6-10(15)7-11-13(9)16-8-17-14(11)19-12-4-2-3-5-18-12/h6-8,12H,2-5H2,1H3. The monoisotopic (exact) mass is 278 g/mol. The molecule has 0 aliphatic carbocycles. The Morgan fingerprint density at radius 3 is 3.00 bits per heavy atom. The smallest absolute Gasteiger partial charge is 0.226 e. The first kappa shape index (κ1) is 12.6. The van der Waals surface area contributed by atoms with Crippen LogP contribution in [0.3, 0.4) is 0 Å². The molecule has 2 heterocycles. The molecule has 19 heavy (non-hydrogen) atoms. The molecule has 1 aliphatic rings. The minimum Gasteiger partial charge on any atom is -0.447 e. The number of aryl methyl sites for hydroxylation is 1. The van der Waals surface area contributed by atoms with Gasteiger partial charge in [0.25, 0.3) is 0 Å². The largest absolute Gasteiger partial charge is 0.447 e. The third-order valence-corrected chi connectivity index (χ3v) is 3.46. The van der Waals surface area contributed by atoms with Crippen LogP contribution in [0.2, 0.25) is 5.02 Å². The van der Waals surface area contributed by atoms with Gasteiger partial charge in [0.1, 0.15) is 6.33 Å². The van der Waals surface area contributed by atoms with Crippen LogP contribution in [0.5, 0.6) is 5.88 Å². The van der Waals surface area contributed by atoms with E-state index in [1.807, 2.05) is 19.1 Å². The van der Waals surface area contributed by atoms with Gasteiger partial charge in [-0.05, 0) is 37.5 Å². The maximum Gasteiger partial charge on any atom is 0.226 e. The van der Waals surface area contributed by atoms with Gasteiger partial charge in [0.05, 0.1) is 17.5 Å². The fourth-order valence-electron chi connectivity index (χ4n) is 2.30. The molecule has 5 heteroatoms. The summed E-state index contributed by atoms with van der Waals surface area (Å²) in [6, 6.07) is 3.72. The fraction of sp³-hybridized carbons (Fsp3) is 0.429. The molecule has 1 aromatic carbocycles. The van der Waals surface area contributed by atoms with Gasteiger partial charge >= 0.3 is 0 Å². The minimum absolute atomic E-state index is 0.217. The second kappa shape index (κ2) is 5.31. The molecule has 2 aromatic rings. The Morgan fingerprint density at radius 2 is 2.21 bits per heavy atom. The first-order chi connectivity index (χ1) is 9.24. The van der Waals surface area contributed by atoms with Gasteiger partial charge in [-0.25, -0.2) is 9.97 Å². The molecule has 1 aromatic heterocycles. The van der Waals surface area contributed by atoms with Crippen molar-refractivity contribution in [3.63, 3.8) is 0 Å². The van der Waals surface area contributed by atoms with Crippen LogP contribution in [-0.4, -0.2) is 22.9 Å². The van der Waals surface area contributed by atoms with Gasteiger partial charge in [-0.1, -0.05) is 11.6 Å². The van der Waals surface area contributed by atoms with Crippen molar-refractivity contribution in [2.24, 2.45) is 0 Å². The highest BCUT2D eigenvalue weighted by molar-refractivity contribution is 6.31. The maximum absolute atomic E-state index is 6.10. The summed E-state index contributed by atoms with van der Waals surface area (Å²) in [6.07, 6.45) is 4.40. The van der Waals surface area contributed by atoms with Gasteiger partial charge < -0.3 is 9.47 Å². The van der Waals surface area contributed by atoms with Crippen LogP contribution in [-0.2, 0) is 4.74 Å². The molecule has 1 saturated heterocycles. The lowest BCUT2D eigenvalue weighted by molar-refractivity contribution is -0.107. The molecule has 1 atom stereocenters. The summed E-state index contributed by atoms with van der Waals surface area (Å²) in [5.41, 5.74) is 1.88. The molecule has 0 N–H and O–H groups in total. The third kappa shape index (κ3) is 2.65. The van der Waals surface area contributed by atoms with E-state index in [0.29, 0.717) is 10.9 Å². The number of halogens is 1. The van der Waals surface area contributed by atoms with E-state index in [1.165, 1.54) is 6.33 Å². The van der Waals surface area contributed by atoms with Gasteiger partial charge in [-0.15, -0.1) is 0 Å². The zero-order chi connectivity index (χ0) is 13.2. The first-order valence-corrected chi connectivity index (χ1v) is 6.81. The molecule has 1 aliphatic heterocycles. The van der Waals surface area contributed by atoms with Gasteiger partial charge in [-0.2, -0.15) is 0 Å². The second-order valence-corrected chi connectivity index (χ2v) is 5.15. The first-order valence-electron chi connectivity index (χ1n) is 6.43. The number of aromatic nitrogens is 2. The summed E-state index contributed by atoms with van der Waals surface area (Å²) in [5.74, 6) is 0.544. The van der Waals surface area contributed by atoms with E-state index in [4.69, 9.17) is 21.1 Å². The molecular weight excluding hydrogens is 264 g/mol. The lowest BCUT2D eigenvalue weighted by Crippen LogP contribution is -2.25. The molecular formula is C14H15ClN2O2. The highest BCUT2D eigenvalue weighted by atomic mass is 35.5. The molecule has 0 bridgehead atoms. The molecule has 100 valence electrons. The lowest BCUT2D eigenvalue weighted by atomic mass is 10.1. The van der Waals surface area contributed by atoms with Crippen molar-refractivity contribution in [3.05, 3.63) is 29.0 Å². The summed E-state index contributed by atoms with van der Waals surface area (Å²) in [4.78, 5) is 8.50. The molecule has 0 amide bonds. The minimum atomic E-state index is -0.217. The van der Waals surface area contributed by atoms with Crippen molar-refractivity contribution >= 4 is 22.5 Å². The van der Waals surface area contributed by atoms with Crippen molar-refractivity contribution in [3.8, 4) is 5.88 Å². The second-order valence-electron chi connectivity index (χ2n) is 4.71. The highest BCUT2D eigenvalue weighted by Crippen LogP contribution is 2.29. The van der Waals surface area contributed by atoms with E-state index in [-0.39, 0.29) is 6.29 Å². The number of benzene rings is 1. The average Bonchev–Trinajstić information content (AvgIpc) is 2.41. The van der Waals surface area contributed by atoms with Crippen molar-refractivity contribution in [2.45, 2.75) is 32.5 Å². The van der Waals surface area contributed by atoms with E-state index < -0.39 is 0 Å². The summed E-state index contributed by atoms with van der Waals surface area (Å²) >= 11 is 6.10. The van der Waals surface area contributed by atoms with Crippen LogP contribution in [0.1, 0.15) is 24.8 Å². The zero-order valence-corrected chi connectivity index (χ0v) is 11.5. The number of hydrogen-bond acceptors (Lipinski definition) is 4. The Bertz CT molecular complexity index is 597. The van der Waals surface area contributed by atoms with Crippen molar-refractivity contribution in [1.82, 2.24) is 9.97 Å². The fourth-order valence-corrected chi connectivity index (χ4v) is 2.57. The molecule has 1 fully saturated rings. The van der Waals surface area contributed by atoms with Crippen molar-refractivity contribution in [1.29, 1.82) is 0 Å². The number of fused-ring (bicyclic) bond motifs is 1. The Balaban J connectivity index is 1.98. The van der Waals surface area contributed by atoms with Crippen LogP contribution in [0.15, 0.2) is 18.5 Å². The van der Waals surface area contributed by atoms with Crippen LogP contribution >= 0.6 is 11.6 Å². The average molecular weight is 279 g/mol. The van der Waals surface area contributed by atoms with E-state index in [2.05, 4.69) is 9.97 Å². The molecule has 4 nitrogen and oxygen atoms in total. The highest BCUT2D eigenvalue weighted by Gasteiger charge is 2.18. The van der Waals surface area contributed by atoms with E-state index in [0.717, 1.165) is 42.3 Å². The van der Waals surface area contributed by atoms with Crippen LogP contribution in [0, 0.1) is 6.92 Å². The van der Waals surface area contributed by atoms with Crippen molar-refractivity contribution in [2.75, 3.05) is 6.61 Å². The lowest BCUT2D eigenvalue weighted by Gasteiger charge is -2.23. The van der Waals surface area contributed by atoms with Gasteiger partial charge in [-0.3, -0.25) is 0 Å². The number of nitrogens with zero attached hydrogens (tertiary/aromatic N) is 2. The van der Waals surface area contributed by atoms with Crippen LogP contribution in [0.4, 0.5) is 0 Å². The summed E-state index contributed by atoms with van der Waals surface area (Å²) in [5, 5.41) is 1.50. The summed E-state index contributed by atoms with van der Waals surface area (Å²) < 4.78 is 11.4. The van der Waals surface area contributed by atoms with Crippen LogP contribution < -0.4 is 4.74 Å². The number of rotatable bonds is 2. The Kier molecular flexibility index (Phi) is 3.53. The normalized spacial score (nSPS) is 19.6. The molecule has 0 spiro atoms. The number of ether oxygens (including phenoxy) is 2. The van der Waals surface area contributed by atoms with Gasteiger partial charge in [0.15, 0.2) is 0 Å².